The van der Waals surface area contributed by atoms with E-state index in [0.717, 1.165) is 25.8 Å². The van der Waals surface area contributed by atoms with Gasteiger partial charge in [-0.15, -0.1) is 0 Å². The van der Waals surface area contributed by atoms with Crippen molar-refractivity contribution in [2.45, 2.75) is 32.3 Å². The van der Waals surface area contributed by atoms with Crippen molar-refractivity contribution in [2.24, 2.45) is 0 Å². The lowest BCUT2D eigenvalue weighted by molar-refractivity contribution is 0.188. The van der Waals surface area contributed by atoms with E-state index in [4.69, 9.17) is 5.41 Å². The molecule has 0 amide bonds. The predicted molar refractivity (Wildman–Crippen MR) is 44.8 cm³/mol. The highest BCUT2D eigenvalue weighted by atomic mass is 16.3. The second-order valence-electron chi connectivity index (χ2n) is 3.09. The topological polar surface area (TPSA) is 47.3 Å². The van der Waals surface area contributed by atoms with E-state index in [2.05, 4.69) is 6.92 Å². The molecule has 1 unspecified atom stereocenters. The van der Waals surface area contributed by atoms with Crippen molar-refractivity contribution in [3.05, 3.63) is 0 Å². The zero-order valence-electron chi connectivity index (χ0n) is 7.01. The highest BCUT2D eigenvalue weighted by molar-refractivity contribution is 5.79. The average Bonchev–Trinajstić information content (AvgIpc) is 2.36. The van der Waals surface area contributed by atoms with Gasteiger partial charge in [-0.2, -0.15) is 0 Å². The fourth-order valence-electron chi connectivity index (χ4n) is 1.38. The molecule has 0 bridgehead atoms. The van der Waals surface area contributed by atoms with E-state index >= 15 is 0 Å². The van der Waals surface area contributed by atoms with Gasteiger partial charge in [-0.3, -0.25) is 5.41 Å². The van der Waals surface area contributed by atoms with Crippen molar-refractivity contribution >= 4 is 5.84 Å². The molecule has 1 fully saturated rings. The van der Waals surface area contributed by atoms with E-state index in [1.807, 2.05) is 4.90 Å². The molecule has 1 aliphatic heterocycles. The third kappa shape index (κ3) is 2.19. The van der Waals surface area contributed by atoms with Gasteiger partial charge in [0, 0.05) is 19.5 Å². The molecule has 2 N–H and O–H groups in total. The second kappa shape index (κ2) is 3.72. The number of hydrogen-bond acceptors (Lipinski definition) is 2. The zero-order chi connectivity index (χ0) is 8.27. The number of nitrogens with one attached hydrogen (secondary N) is 1. The van der Waals surface area contributed by atoms with Crippen LogP contribution < -0.4 is 0 Å². The molecule has 0 aromatic carbocycles. The summed E-state index contributed by atoms with van der Waals surface area (Å²) in [6.07, 6.45) is 2.48. The van der Waals surface area contributed by atoms with Crippen molar-refractivity contribution in [3.63, 3.8) is 0 Å². The molecular formula is C8H16N2O. The van der Waals surface area contributed by atoms with Crippen LogP contribution in [0.2, 0.25) is 0 Å². The van der Waals surface area contributed by atoms with Crippen molar-refractivity contribution in [1.82, 2.24) is 4.90 Å². The number of β-amino-alcohol motifs (C(OH)–C–C–N with tert-alkyl or cyclic N) is 1. The summed E-state index contributed by atoms with van der Waals surface area (Å²) in [4.78, 5) is 1.97. The van der Waals surface area contributed by atoms with Gasteiger partial charge < -0.3 is 10.0 Å². The second-order valence-corrected chi connectivity index (χ2v) is 3.09. The van der Waals surface area contributed by atoms with Crippen molar-refractivity contribution in [1.29, 1.82) is 5.41 Å². The van der Waals surface area contributed by atoms with E-state index in [0.29, 0.717) is 12.4 Å². The van der Waals surface area contributed by atoms with Crippen molar-refractivity contribution in [2.75, 3.05) is 13.1 Å². The highest BCUT2D eigenvalue weighted by Crippen LogP contribution is 2.10. The van der Waals surface area contributed by atoms with Gasteiger partial charge in [0.25, 0.3) is 0 Å². The van der Waals surface area contributed by atoms with E-state index in [1.165, 1.54) is 0 Å². The fourth-order valence-corrected chi connectivity index (χ4v) is 1.38. The Balaban J connectivity index is 2.31. The van der Waals surface area contributed by atoms with Gasteiger partial charge in [0.1, 0.15) is 0 Å². The third-order valence-corrected chi connectivity index (χ3v) is 2.03. The Labute approximate surface area is 67.5 Å². The van der Waals surface area contributed by atoms with Crippen LogP contribution in [0.15, 0.2) is 0 Å². The number of aliphatic hydroxyl groups excluding tert-OH is 1. The molecule has 3 nitrogen and oxygen atoms in total. The molecule has 64 valence electrons. The first-order valence-corrected chi connectivity index (χ1v) is 4.24. The predicted octanol–water partition coefficient (Wildman–Crippen LogP) is 0.830. The van der Waals surface area contributed by atoms with Gasteiger partial charge in [0.2, 0.25) is 0 Å². The van der Waals surface area contributed by atoms with Gasteiger partial charge in [0.05, 0.1) is 11.9 Å². The van der Waals surface area contributed by atoms with Crippen LogP contribution in [0.4, 0.5) is 0 Å². The van der Waals surface area contributed by atoms with Crippen LogP contribution in [0.3, 0.4) is 0 Å². The van der Waals surface area contributed by atoms with E-state index < -0.39 is 0 Å². The molecular weight excluding hydrogens is 140 g/mol. The SMILES string of the molecule is CCCC(=N)N1CCC(O)C1. The van der Waals surface area contributed by atoms with Crippen LogP contribution in [-0.2, 0) is 0 Å². The van der Waals surface area contributed by atoms with Gasteiger partial charge in [-0.1, -0.05) is 6.92 Å². The number of likely N-dealkylation sites (tertiary alicyclic amines) is 1. The van der Waals surface area contributed by atoms with Gasteiger partial charge >= 0.3 is 0 Å². The molecule has 1 rings (SSSR count). The lowest BCUT2D eigenvalue weighted by atomic mass is 10.3. The maximum absolute atomic E-state index is 9.18. The Morgan fingerprint density at radius 2 is 2.45 bits per heavy atom. The number of amidine groups is 1. The Morgan fingerprint density at radius 1 is 1.73 bits per heavy atom. The number of rotatable bonds is 2. The molecule has 0 radical (unpaired) electrons. The minimum atomic E-state index is -0.202. The smallest absolute Gasteiger partial charge is 0.0958 e. The first-order chi connectivity index (χ1) is 5.24. The summed E-state index contributed by atoms with van der Waals surface area (Å²) in [6, 6.07) is 0. The molecule has 0 saturated carbocycles. The molecule has 3 heteroatoms. The van der Waals surface area contributed by atoms with Crippen LogP contribution in [0.1, 0.15) is 26.2 Å². The molecule has 0 aromatic heterocycles. The molecule has 1 atom stereocenters. The minimum absolute atomic E-state index is 0.202. The van der Waals surface area contributed by atoms with E-state index in [9.17, 15) is 5.11 Å². The van der Waals surface area contributed by atoms with Crippen LogP contribution in [-0.4, -0.2) is 35.0 Å². The molecule has 11 heavy (non-hydrogen) atoms. The maximum atomic E-state index is 9.18. The minimum Gasteiger partial charge on any atom is -0.391 e. The summed E-state index contributed by atoms with van der Waals surface area (Å²) in [5.74, 6) is 0.684. The van der Waals surface area contributed by atoms with Crippen LogP contribution in [0.25, 0.3) is 0 Å². The fraction of sp³-hybridized carbons (Fsp3) is 0.875. The van der Waals surface area contributed by atoms with Gasteiger partial charge in [-0.25, -0.2) is 0 Å². The first-order valence-electron chi connectivity index (χ1n) is 4.24. The summed E-state index contributed by atoms with van der Waals surface area (Å²) >= 11 is 0. The van der Waals surface area contributed by atoms with Crippen molar-refractivity contribution < 1.29 is 5.11 Å². The summed E-state index contributed by atoms with van der Waals surface area (Å²) < 4.78 is 0. The monoisotopic (exact) mass is 156 g/mol. The summed E-state index contributed by atoms with van der Waals surface area (Å²) in [7, 11) is 0. The van der Waals surface area contributed by atoms with Crippen LogP contribution in [0, 0.1) is 5.41 Å². The Hall–Kier alpha value is -0.570. The summed E-state index contributed by atoms with van der Waals surface area (Å²) in [5.41, 5.74) is 0. The lowest BCUT2D eigenvalue weighted by Crippen LogP contribution is -2.28. The third-order valence-electron chi connectivity index (χ3n) is 2.03. The Bertz CT molecular complexity index is 147. The molecule has 1 heterocycles. The summed E-state index contributed by atoms with van der Waals surface area (Å²) in [5, 5.41) is 16.8. The van der Waals surface area contributed by atoms with Crippen molar-refractivity contribution in [3.8, 4) is 0 Å². The standard InChI is InChI=1S/C8H16N2O/c1-2-3-8(9)10-5-4-7(11)6-10/h7,9,11H,2-6H2,1H3. The average molecular weight is 156 g/mol. The normalized spacial score (nSPS) is 24.2. The zero-order valence-corrected chi connectivity index (χ0v) is 7.01. The van der Waals surface area contributed by atoms with Gasteiger partial charge in [0.15, 0.2) is 0 Å². The number of aliphatic hydroxyl groups is 1. The van der Waals surface area contributed by atoms with E-state index in [1.54, 1.807) is 0 Å². The molecule has 0 aromatic rings. The Morgan fingerprint density at radius 3 is 2.91 bits per heavy atom. The molecule has 0 spiro atoms. The maximum Gasteiger partial charge on any atom is 0.0958 e. The van der Waals surface area contributed by atoms with E-state index in [-0.39, 0.29) is 6.10 Å². The number of hydrogen-bond donors (Lipinski definition) is 2. The Kier molecular flexibility index (Phi) is 2.88. The quantitative estimate of drug-likeness (QED) is 0.459. The first kappa shape index (κ1) is 8.53. The summed E-state index contributed by atoms with van der Waals surface area (Å²) in [6.45, 7) is 3.60. The largest absolute Gasteiger partial charge is 0.391 e. The molecule has 0 aliphatic carbocycles. The molecule has 1 saturated heterocycles. The highest BCUT2D eigenvalue weighted by Gasteiger charge is 2.21. The van der Waals surface area contributed by atoms with Gasteiger partial charge in [-0.05, 0) is 12.8 Å². The number of nitrogens with zero attached hydrogens (tertiary/aromatic N) is 1. The van der Waals surface area contributed by atoms with Crippen LogP contribution >= 0.6 is 0 Å². The molecule has 1 aliphatic rings. The lowest BCUT2D eigenvalue weighted by Gasteiger charge is -2.17. The van der Waals surface area contributed by atoms with Crippen LogP contribution in [0.5, 0.6) is 0 Å².